The van der Waals surface area contributed by atoms with Gasteiger partial charge in [0.2, 0.25) is 0 Å². The molecule has 4 aromatic rings. The molecule has 4 aromatic carbocycles. The Bertz CT molecular complexity index is 1550. The maximum atomic E-state index is 6.19. The van der Waals surface area contributed by atoms with Crippen LogP contribution in [0.1, 0.15) is 70.1 Å². The van der Waals surface area contributed by atoms with Crippen LogP contribution in [0.3, 0.4) is 0 Å². The summed E-state index contributed by atoms with van der Waals surface area (Å²) in [7, 11) is 0. The molecule has 2 aliphatic carbocycles. The predicted octanol–water partition coefficient (Wildman–Crippen LogP) is 10.2. The lowest BCUT2D eigenvalue weighted by Crippen LogP contribution is -2.29. The maximum absolute atomic E-state index is 6.19. The molecule has 0 bridgehead atoms. The van der Waals surface area contributed by atoms with Gasteiger partial charge < -0.3 is 10.6 Å². The fourth-order valence-electron chi connectivity index (χ4n) is 7.74. The summed E-state index contributed by atoms with van der Waals surface area (Å²) in [6.07, 6.45) is 12.7. The Morgan fingerprint density at radius 3 is 1.44 bits per heavy atom. The van der Waals surface area contributed by atoms with Crippen molar-refractivity contribution in [1.29, 1.82) is 0 Å². The van der Waals surface area contributed by atoms with Crippen LogP contribution in [0, 0.1) is 11.8 Å². The highest BCUT2D eigenvalue weighted by atomic mass is 35.5. The molecule has 4 heteroatoms. The van der Waals surface area contributed by atoms with Crippen LogP contribution in [-0.4, -0.2) is 0 Å². The van der Waals surface area contributed by atoms with Gasteiger partial charge in [-0.3, -0.25) is 0 Å². The van der Waals surface area contributed by atoms with E-state index >= 15 is 0 Å². The number of fused-ring (bicyclic) bond motifs is 6. The second-order valence-electron chi connectivity index (χ2n) is 12.1. The smallest absolute Gasteiger partial charge is 0.0553 e. The number of hydrogen-bond donors (Lipinski definition) is 2. The van der Waals surface area contributed by atoms with Gasteiger partial charge >= 0.3 is 0 Å². The molecule has 0 saturated carbocycles. The van der Waals surface area contributed by atoms with Crippen molar-refractivity contribution in [1.82, 2.24) is 0 Å². The van der Waals surface area contributed by atoms with E-state index in [0.29, 0.717) is 35.8 Å². The highest BCUT2D eigenvalue weighted by molar-refractivity contribution is 6.30. The molecule has 41 heavy (non-hydrogen) atoms. The normalized spacial score (nSPS) is 26.9. The topological polar surface area (TPSA) is 24.1 Å². The molecular formula is C37H32Cl2N2. The Hall–Kier alpha value is -3.46. The zero-order valence-electron chi connectivity index (χ0n) is 22.7. The highest BCUT2D eigenvalue weighted by Gasteiger charge is 2.39. The molecule has 8 rings (SSSR count). The van der Waals surface area contributed by atoms with E-state index in [1.807, 2.05) is 24.3 Å². The lowest BCUT2D eigenvalue weighted by atomic mass is 9.76. The molecule has 0 unspecified atom stereocenters. The number of halogens is 2. The summed E-state index contributed by atoms with van der Waals surface area (Å²) < 4.78 is 0. The Kier molecular flexibility index (Phi) is 6.23. The molecule has 0 amide bonds. The van der Waals surface area contributed by atoms with Gasteiger partial charge in [0.05, 0.1) is 12.1 Å². The molecular weight excluding hydrogens is 543 g/mol. The highest BCUT2D eigenvalue weighted by Crippen LogP contribution is 2.51. The first kappa shape index (κ1) is 25.3. The third kappa shape index (κ3) is 4.49. The molecule has 0 spiro atoms. The van der Waals surface area contributed by atoms with Gasteiger partial charge in [-0.2, -0.15) is 0 Å². The molecule has 4 aliphatic rings. The van der Waals surface area contributed by atoms with Crippen molar-refractivity contribution in [3.63, 3.8) is 0 Å². The molecule has 2 aliphatic heterocycles. The van der Waals surface area contributed by atoms with Crippen LogP contribution in [0.4, 0.5) is 11.4 Å². The second kappa shape index (κ2) is 10.1. The predicted molar refractivity (Wildman–Crippen MR) is 171 cm³/mol. The summed E-state index contributed by atoms with van der Waals surface area (Å²) in [6.45, 7) is 0. The van der Waals surface area contributed by atoms with Gasteiger partial charge in [0.15, 0.2) is 0 Å². The Morgan fingerprint density at radius 1 is 0.561 bits per heavy atom. The number of benzene rings is 4. The first-order valence-corrected chi connectivity index (χ1v) is 15.5. The molecule has 0 fully saturated rings. The number of rotatable bonds is 4. The van der Waals surface area contributed by atoms with Crippen LogP contribution >= 0.6 is 23.2 Å². The minimum atomic E-state index is 0.294. The number of anilines is 2. The maximum Gasteiger partial charge on any atom is 0.0553 e. The summed E-state index contributed by atoms with van der Waals surface area (Å²) in [5.41, 5.74) is 10.7. The van der Waals surface area contributed by atoms with E-state index in [0.717, 1.165) is 29.3 Å². The minimum absolute atomic E-state index is 0.294. The average Bonchev–Trinajstić information content (AvgIpc) is 3.69. The molecule has 204 valence electrons. The van der Waals surface area contributed by atoms with E-state index in [1.165, 1.54) is 44.8 Å². The molecule has 2 heterocycles. The molecule has 0 aromatic heterocycles. The van der Waals surface area contributed by atoms with E-state index in [-0.39, 0.29) is 0 Å². The van der Waals surface area contributed by atoms with Crippen molar-refractivity contribution in [3.05, 3.63) is 153 Å². The quantitative estimate of drug-likeness (QED) is 0.237. The fraction of sp³-hybridized carbons (Fsp3) is 0.243. The van der Waals surface area contributed by atoms with Gasteiger partial charge in [-0.05, 0) is 101 Å². The molecule has 2 N–H and O–H groups in total. The molecule has 0 saturated heterocycles. The monoisotopic (exact) mass is 574 g/mol. The van der Waals surface area contributed by atoms with Gasteiger partial charge in [0, 0.05) is 33.3 Å². The van der Waals surface area contributed by atoms with Crippen molar-refractivity contribution < 1.29 is 0 Å². The van der Waals surface area contributed by atoms with Crippen molar-refractivity contribution in [2.24, 2.45) is 11.8 Å². The molecule has 0 radical (unpaired) electrons. The molecule has 2 nitrogen and oxygen atoms in total. The molecule has 6 atom stereocenters. The van der Waals surface area contributed by atoms with Crippen molar-refractivity contribution in [2.75, 3.05) is 10.6 Å². The first-order chi connectivity index (χ1) is 20.1. The van der Waals surface area contributed by atoms with Gasteiger partial charge in [-0.1, -0.05) is 96.0 Å². The van der Waals surface area contributed by atoms with Crippen molar-refractivity contribution in [3.8, 4) is 0 Å². The van der Waals surface area contributed by atoms with E-state index in [9.17, 15) is 0 Å². The van der Waals surface area contributed by atoms with Gasteiger partial charge in [0.25, 0.3) is 0 Å². The number of nitrogens with one attached hydrogen (secondary N) is 2. The third-order valence-electron chi connectivity index (χ3n) is 9.72. The van der Waals surface area contributed by atoms with Crippen molar-refractivity contribution >= 4 is 34.6 Å². The lowest BCUT2D eigenvalue weighted by Gasteiger charge is -2.38. The number of hydrogen-bond acceptors (Lipinski definition) is 2. The van der Waals surface area contributed by atoms with Gasteiger partial charge in [-0.15, -0.1) is 0 Å². The van der Waals surface area contributed by atoms with Gasteiger partial charge in [0.1, 0.15) is 0 Å². The Balaban J connectivity index is 1.06. The SMILES string of the molecule is Clc1ccc([C@H]2Nc3ccc(Cc4ccc5c(c4)[C@H]4C=CC[C@H]4[C@@H](c4ccc(Cl)cc4)N5)cc3[C@H]3C=CC[C@H]32)cc1. The van der Waals surface area contributed by atoms with Crippen LogP contribution in [-0.2, 0) is 6.42 Å². The Labute approximate surface area is 252 Å². The van der Waals surface area contributed by atoms with Crippen molar-refractivity contribution in [2.45, 2.75) is 43.2 Å². The fourth-order valence-corrected chi connectivity index (χ4v) is 8.00. The summed E-state index contributed by atoms with van der Waals surface area (Å²) in [5, 5.41) is 9.32. The number of allylic oxidation sites excluding steroid dienone is 4. The largest absolute Gasteiger partial charge is 0.378 e. The second-order valence-corrected chi connectivity index (χ2v) is 12.9. The first-order valence-electron chi connectivity index (χ1n) is 14.7. The summed E-state index contributed by atoms with van der Waals surface area (Å²) in [5.74, 6) is 1.92. The average molecular weight is 576 g/mol. The summed E-state index contributed by atoms with van der Waals surface area (Å²) in [6, 6.07) is 31.4. The minimum Gasteiger partial charge on any atom is -0.378 e. The summed E-state index contributed by atoms with van der Waals surface area (Å²) in [4.78, 5) is 0. The zero-order chi connectivity index (χ0) is 27.5. The van der Waals surface area contributed by atoms with Crippen LogP contribution in [0.5, 0.6) is 0 Å². The van der Waals surface area contributed by atoms with E-state index in [1.54, 1.807) is 0 Å². The van der Waals surface area contributed by atoms with E-state index in [4.69, 9.17) is 23.2 Å². The van der Waals surface area contributed by atoms with Crippen LogP contribution in [0.2, 0.25) is 10.0 Å². The lowest BCUT2D eigenvalue weighted by molar-refractivity contribution is 0.425. The van der Waals surface area contributed by atoms with E-state index < -0.39 is 0 Å². The van der Waals surface area contributed by atoms with E-state index in [2.05, 4.69) is 95.6 Å². The Morgan fingerprint density at radius 2 is 1.00 bits per heavy atom. The standard InChI is InChI=1S/C37H32Cl2N2/c38-26-13-9-24(10-14-26)36-30-5-1-3-28(30)32-20-22(7-17-34(32)40-36)19-23-8-18-35-33(21-23)29-4-2-6-31(29)37(41-35)25-11-15-27(39)16-12-25/h1-4,7-18,20-21,28-31,36-37,40-41H,5-6,19H2/t28-,29-,30+,31+,36+,37+/m0/s1. The van der Waals surface area contributed by atoms with Crippen LogP contribution < -0.4 is 10.6 Å². The van der Waals surface area contributed by atoms with Crippen LogP contribution in [0.15, 0.2) is 109 Å². The third-order valence-corrected chi connectivity index (χ3v) is 10.2. The van der Waals surface area contributed by atoms with Crippen LogP contribution in [0.25, 0.3) is 0 Å². The zero-order valence-corrected chi connectivity index (χ0v) is 24.2. The summed E-state index contributed by atoms with van der Waals surface area (Å²) >= 11 is 12.4. The van der Waals surface area contributed by atoms with Gasteiger partial charge in [-0.25, -0.2) is 0 Å².